The Morgan fingerprint density at radius 3 is 2.57 bits per heavy atom. The van der Waals surface area contributed by atoms with E-state index in [9.17, 15) is 0 Å². The molecule has 0 saturated heterocycles. The number of hydrogen-bond donors (Lipinski definition) is 1. The average Bonchev–Trinajstić information content (AvgIpc) is 2.65. The Balaban J connectivity index is 0.00000392. The summed E-state index contributed by atoms with van der Waals surface area (Å²) in [4.78, 5) is 0. The fourth-order valence-corrected chi connectivity index (χ4v) is 3.36. The molecule has 156 valence electrons. The largest absolute Gasteiger partial charge is 0.490 e. The SMILES string of the molecule is CCOCCCNCc1cc(Br)c(OCc2ccccc2Cl)c(OCC)c1.Cl. The Kier molecular flexibility index (Phi) is 12.6. The molecule has 0 aliphatic carbocycles. The minimum Gasteiger partial charge on any atom is -0.490 e. The number of benzene rings is 2. The normalized spacial score (nSPS) is 10.4. The van der Waals surface area contributed by atoms with Gasteiger partial charge in [-0.25, -0.2) is 0 Å². The van der Waals surface area contributed by atoms with Gasteiger partial charge in [0.25, 0.3) is 0 Å². The number of halogens is 3. The Morgan fingerprint density at radius 2 is 1.86 bits per heavy atom. The van der Waals surface area contributed by atoms with E-state index in [-0.39, 0.29) is 12.4 Å². The van der Waals surface area contributed by atoms with Crippen LogP contribution in [0.2, 0.25) is 5.02 Å². The smallest absolute Gasteiger partial charge is 0.175 e. The molecule has 0 bridgehead atoms. The van der Waals surface area contributed by atoms with Crippen LogP contribution >= 0.6 is 39.9 Å². The van der Waals surface area contributed by atoms with Crippen molar-refractivity contribution in [2.45, 2.75) is 33.4 Å². The van der Waals surface area contributed by atoms with Crippen LogP contribution in [0.3, 0.4) is 0 Å². The highest BCUT2D eigenvalue weighted by molar-refractivity contribution is 9.10. The van der Waals surface area contributed by atoms with Crippen LogP contribution in [0.15, 0.2) is 40.9 Å². The highest BCUT2D eigenvalue weighted by Gasteiger charge is 2.13. The maximum atomic E-state index is 6.22. The Labute approximate surface area is 187 Å². The van der Waals surface area contributed by atoms with E-state index < -0.39 is 0 Å². The van der Waals surface area contributed by atoms with Crippen molar-refractivity contribution >= 4 is 39.9 Å². The summed E-state index contributed by atoms with van der Waals surface area (Å²) in [7, 11) is 0. The van der Waals surface area contributed by atoms with E-state index in [4.69, 9.17) is 25.8 Å². The molecule has 2 rings (SSSR count). The van der Waals surface area contributed by atoms with Crippen molar-refractivity contribution in [2.24, 2.45) is 0 Å². The monoisotopic (exact) mass is 491 g/mol. The van der Waals surface area contributed by atoms with Crippen LogP contribution in [0.4, 0.5) is 0 Å². The maximum absolute atomic E-state index is 6.22. The molecule has 2 aromatic carbocycles. The molecule has 28 heavy (non-hydrogen) atoms. The fraction of sp³-hybridized carbons (Fsp3) is 0.429. The molecule has 0 fully saturated rings. The Hall–Kier alpha value is -0.980. The van der Waals surface area contributed by atoms with Gasteiger partial charge in [-0.3, -0.25) is 0 Å². The summed E-state index contributed by atoms with van der Waals surface area (Å²) < 4.78 is 18.0. The molecule has 0 aromatic heterocycles. The number of rotatable bonds is 12. The van der Waals surface area contributed by atoms with Gasteiger partial charge in [-0.15, -0.1) is 12.4 Å². The lowest BCUT2D eigenvalue weighted by molar-refractivity contribution is 0.144. The fourth-order valence-electron chi connectivity index (χ4n) is 2.57. The van der Waals surface area contributed by atoms with E-state index in [1.807, 2.05) is 44.2 Å². The molecule has 7 heteroatoms. The summed E-state index contributed by atoms with van der Waals surface area (Å²) in [6.07, 6.45) is 0.992. The van der Waals surface area contributed by atoms with Gasteiger partial charge >= 0.3 is 0 Å². The van der Waals surface area contributed by atoms with Crippen molar-refractivity contribution in [1.29, 1.82) is 0 Å². The quantitative estimate of drug-likeness (QED) is 0.368. The highest BCUT2D eigenvalue weighted by Crippen LogP contribution is 2.37. The zero-order valence-electron chi connectivity index (χ0n) is 16.3. The summed E-state index contributed by atoms with van der Waals surface area (Å²) in [5.41, 5.74) is 2.07. The van der Waals surface area contributed by atoms with Crippen molar-refractivity contribution in [1.82, 2.24) is 5.32 Å². The molecular weight excluding hydrogens is 465 g/mol. The summed E-state index contributed by atoms with van der Waals surface area (Å²) in [5, 5.41) is 4.12. The predicted molar refractivity (Wildman–Crippen MR) is 121 cm³/mol. The second-order valence-electron chi connectivity index (χ2n) is 5.95. The van der Waals surface area contributed by atoms with Crippen molar-refractivity contribution in [3.8, 4) is 11.5 Å². The summed E-state index contributed by atoms with van der Waals surface area (Å²) >= 11 is 9.84. The molecule has 0 saturated carbocycles. The van der Waals surface area contributed by atoms with Gasteiger partial charge in [0.2, 0.25) is 0 Å². The lowest BCUT2D eigenvalue weighted by Crippen LogP contribution is -2.16. The lowest BCUT2D eigenvalue weighted by Gasteiger charge is -2.16. The first kappa shape index (κ1) is 25.1. The topological polar surface area (TPSA) is 39.7 Å². The standard InChI is InChI=1S/C21H27BrClNO3.ClH/c1-3-25-11-7-10-24-14-16-12-18(22)21(20(13-16)26-4-2)27-15-17-8-5-6-9-19(17)23;/h5-6,8-9,12-13,24H,3-4,7,10-11,14-15H2,1-2H3;1H. The first-order valence-electron chi connectivity index (χ1n) is 9.25. The predicted octanol–water partition coefficient (Wildman–Crippen LogP) is 6.02. The number of hydrogen-bond acceptors (Lipinski definition) is 4. The van der Waals surface area contributed by atoms with Gasteiger partial charge < -0.3 is 19.5 Å². The van der Waals surface area contributed by atoms with Crippen molar-refractivity contribution in [2.75, 3.05) is 26.4 Å². The Bertz CT molecular complexity index is 716. The maximum Gasteiger partial charge on any atom is 0.175 e. The number of nitrogens with one attached hydrogen (secondary N) is 1. The molecular formula is C21H28BrCl2NO3. The molecule has 0 unspecified atom stereocenters. The lowest BCUT2D eigenvalue weighted by atomic mass is 10.2. The van der Waals surface area contributed by atoms with Gasteiger partial charge in [-0.2, -0.15) is 0 Å². The molecule has 4 nitrogen and oxygen atoms in total. The zero-order chi connectivity index (χ0) is 19.5. The molecule has 0 amide bonds. The van der Waals surface area contributed by atoms with Gasteiger partial charge in [0.15, 0.2) is 11.5 Å². The van der Waals surface area contributed by atoms with Gasteiger partial charge in [-0.05, 0) is 66.5 Å². The molecule has 0 aliphatic rings. The molecule has 0 aliphatic heterocycles. The Morgan fingerprint density at radius 1 is 1.07 bits per heavy atom. The van der Waals surface area contributed by atoms with Crippen LogP contribution in [0, 0.1) is 0 Å². The minimum atomic E-state index is 0. The highest BCUT2D eigenvalue weighted by atomic mass is 79.9. The van der Waals surface area contributed by atoms with Crippen LogP contribution in [0.25, 0.3) is 0 Å². The van der Waals surface area contributed by atoms with Gasteiger partial charge in [0, 0.05) is 30.3 Å². The van der Waals surface area contributed by atoms with E-state index in [2.05, 4.69) is 27.3 Å². The molecule has 1 N–H and O–H groups in total. The first-order valence-corrected chi connectivity index (χ1v) is 10.4. The van der Waals surface area contributed by atoms with Crippen LogP contribution in [0.5, 0.6) is 11.5 Å². The van der Waals surface area contributed by atoms with Crippen LogP contribution in [0.1, 0.15) is 31.4 Å². The van der Waals surface area contributed by atoms with E-state index in [0.29, 0.717) is 24.0 Å². The molecule has 2 aromatic rings. The third-order valence-electron chi connectivity index (χ3n) is 3.87. The number of ether oxygens (including phenoxy) is 3. The van der Waals surface area contributed by atoms with E-state index in [0.717, 1.165) is 54.1 Å². The average molecular weight is 493 g/mol. The van der Waals surface area contributed by atoms with E-state index in [1.165, 1.54) is 0 Å². The zero-order valence-corrected chi connectivity index (χ0v) is 19.5. The van der Waals surface area contributed by atoms with Crippen molar-refractivity contribution < 1.29 is 14.2 Å². The van der Waals surface area contributed by atoms with Crippen LogP contribution in [-0.4, -0.2) is 26.4 Å². The van der Waals surface area contributed by atoms with Crippen molar-refractivity contribution in [3.05, 3.63) is 57.0 Å². The second-order valence-corrected chi connectivity index (χ2v) is 7.21. The summed E-state index contributed by atoms with van der Waals surface area (Å²) in [5.74, 6) is 1.42. The van der Waals surface area contributed by atoms with E-state index >= 15 is 0 Å². The summed E-state index contributed by atoms with van der Waals surface area (Å²) in [6.45, 7) is 8.14. The third-order valence-corrected chi connectivity index (χ3v) is 4.83. The summed E-state index contributed by atoms with van der Waals surface area (Å²) in [6, 6.07) is 11.7. The molecule has 0 heterocycles. The van der Waals surface area contributed by atoms with Gasteiger partial charge in [0.1, 0.15) is 6.61 Å². The third kappa shape index (κ3) is 8.18. The molecule has 0 atom stereocenters. The van der Waals surface area contributed by atoms with Crippen molar-refractivity contribution in [3.63, 3.8) is 0 Å². The first-order chi connectivity index (χ1) is 13.2. The van der Waals surface area contributed by atoms with E-state index in [1.54, 1.807) is 0 Å². The van der Waals surface area contributed by atoms with Crippen LogP contribution in [-0.2, 0) is 17.9 Å². The second kappa shape index (κ2) is 14.1. The minimum absolute atomic E-state index is 0. The van der Waals surface area contributed by atoms with Gasteiger partial charge in [-0.1, -0.05) is 29.8 Å². The molecule has 0 spiro atoms. The molecule has 0 radical (unpaired) electrons. The van der Waals surface area contributed by atoms with Crippen LogP contribution < -0.4 is 14.8 Å². The van der Waals surface area contributed by atoms with Gasteiger partial charge in [0.05, 0.1) is 11.1 Å².